The number of benzene rings is 5. The van der Waals surface area contributed by atoms with Gasteiger partial charge in [0.25, 0.3) is 0 Å². The third kappa shape index (κ3) is 3.97. The average Bonchev–Trinajstić information content (AvgIpc) is 3.41. The second-order valence-electron chi connectivity index (χ2n) is 13.4. The van der Waals surface area contributed by atoms with E-state index in [1.165, 1.54) is 87.6 Å². The van der Waals surface area contributed by atoms with Crippen molar-refractivity contribution in [1.29, 1.82) is 0 Å². The van der Waals surface area contributed by atoms with E-state index in [1.807, 2.05) is 0 Å². The van der Waals surface area contributed by atoms with Gasteiger partial charge in [-0.3, -0.25) is 0 Å². The molecule has 1 spiro atoms. The van der Waals surface area contributed by atoms with Gasteiger partial charge < -0.3 is 4.90 Å². The Bertz CT molecular complexity index is 2000. The molecule has 0 radical (unpaired) electrons. The summed E-state index contributed by atoms with van der Waals surface area (Å²) >= 11 is 0. The number of hydrogen-bond acceptors (Lipinski definition) is 1. The molecule has 2 heteroatoms. The van der Waals surface area contributed by atoms with Gasteiger partial charge in [0, 0.05) is 41.3 Å². The highest BCUT2D eigenvalue weighted by atomic mass is 15.2. The fraction of sp³-hybridized carbons (Fsp3) is 0.262. The van der Waals surface area contributed by atoms with Crippen LogP contribution in [-0.2, 0) is 17.3 Å². The first-order valence-corrected chi connectivity index (χ1v) is 16.3. The van der Waals surface area contributed by atoms with Crippen LogP contribution in [0.15, 0.2) is 127 Å². The van der Waals surface area contributed by atoms with Gasteiger partial charge in [-0.1, -0.05) is 116 Å². The third-order valence-electron chi connectivity index (χ3n) is 11.0. The molecule has 5 aromatic carbocycles. The molecule has 1 atom stereocenters. The average molecular weight is 574 g/mol. The standard InChI is InChI=1S/C42H41N2/c1-41(29-30-15-6-4-7-16-30)35-25-23-32-18-9-11-20-34(32)40(35)44(3)37(41)21-14-22-38-42(27-12-5-13-28-42)39-33-19-10-8-17-31(33)24-26-36(39)43(38)2/h4,6-11,14-26H,5,12-13,27-29H2,1-3H3/q+1. The molecule has 3 aliphatic rings. The molecule has 218 valence electrons. The summed E-state index contributed by atoms with van der Waals surface area (Å²) in [4.78, 5) is 2.46. The van der Waals surface area contributed by atoms with E-state index in [-0.39, 0.29) is 10.8 Å². The molecule has 0 aromatic heterocycles. The van der Waals surface area contributed by atoms with Gasteiger partial charge in [0.1, 0.15) is 7.05 Å². The summed E-state index contributed by atoms with van der Waals surface area (Å²) < 4.78 is 2.49. The summed E-state index contributed by atoms with van der Waals surface area (Å²) in [7, 11) is 4.55. The molecule has 2 heterocycles. The van der Waals surface area contributed by atoms with Crippen LogP contribution in [0.1, 0.15) is 55.7 Å². The Hall–Kier alpha value is -4.43. The molecule has 1 fully saturated rings. The summed E-state index contributed by atoms with van der Waals surface area (Å²) in [5.74, 6) is 0. The smallest absolute Gasteiger partial charge is 0.210 e. The normalized spacial score (nSPS) is 21.7. The molecule has 0 saturated heterocycles. The van der Waals surface area contributed by atoms with Crippen molar-refractivity contribution in [2.75, 3.05) is 19.0 Å². The van der Waals surface area contributed by atoms with E-state index in [9.17, 15) is 0 Å². The number of allylic oxidation sites excluding steroid dienone is 4. The molecule has 0 N–H and O–H groups in total. The minimum Gasteiger partial charge on any atom is -0.347 e. The molecule has 5 aromatic rings. The van der Waals surface area contributed by atoms with E-state index in [4.69, 9.17) is 0 Å². The van der Waals surface area contributed by atoms with E-state index in [1.54, 1.807) is 5.56 Å². The van der Waals surface area contributed by atoms with Crippen LogP contribution in [0.3, 0.4) is 0 Å². The van der Waals surface area contributed by atoms with Crippen LogP contribution in [-0.4, -0.2) is 24.4 Å². The van der Waals surface area contributed by atoms with Gasteiger partial charge in [-0.05, 0) is 65.6 Å². The monoisotopic (exact) mass is 573 g/mol. The van der Waals surface area contributed by atoms with Crippen LogP contribution >= 0.6 is 0 Å². The number of fused-ring (bicyclic) bond motifs is 7. The molecule has 8 rings (SSSR count). The first kappa shape index (κ1) is 27.1. The van der Waals surface area contributed by atoms with Crippen molar-refractivity contribution in [2.24, 2.45) is 0 Å². The zero-order chi connectivity index (χ0) is 29.9. The highest BCUT2D eigenvalue weighted by Gasteiger charge is 2.51. The minimum atomic E-state index is -0.145. The zero-order valence-electron chi connectivity index (χ0n) is 26.2. The highest BCUT2D eigenvalue weighted by molar-refractivity contribution is 6.08. The maximum Gasteiger partial charge on any atom is 0.210 e. The van der Waals surface area contributed by atoms with E-state index in [0.717, 1.165) is 6.42 Å². The van der Waals surface area contributed by atoms with Crippen LogP contribution in [0.2, 0.25) is 0 Å². The molecule has 1 aliphatic carbocycles. The fourth-order valence-corrected chi connectivity index (χ4v) is 8.96. The van der Waals surface area contributed by atoms with E-state index in [0.29, 0.717) is 0 Å². The van der Waals surface area contributed by atoms with Gasteiger partial charge in [0.2, 0.25) is 5.69 Å². The maximum absolute atomic E-state index is 2.49. The second-order valence-corrected chi connectivity index (χ2v) is 13.4. The van der Waals surface area contributed by atoms with Crippen molar-refractivity contribution in [3.8, 4) is 0 Å². The molecule has 2 nitrogen and oxygen atoms in total. The molecular formula is C42H41N2+. The van der Waals surface area contributed by atoms with E-state index in [2.05, 4.69) is 152 Å². The summed E-state index contributed by atoms with van der Waals surface area (Å²) in [6, 6.07) is 38.2. The van der Waals surface area contributed by atoms with Crippen molar-refractivity contribution in [3.63, 3.8) is 0 Å². The Morgan fingerprint density at radius 3 is 2.18 bits per heavy atom. The van der Waals surface area contributed by atoms with Crippen molar-refractivity contribution >= 4 is 38.6 Å². The molecule has 0 amide bonds. The first-order chi connectivity index (χ1) is 21.5. The number of hydrogen-bond donors (Lipinski definition) is 0. The van der Waals surface area contributed by atoms with Crippen molar-refractivity contribution in [2.45, 2.75) is 56.3 Å². The van der Waals surface area contributed by atoms with Gasteiger partial charge in [0.15, 0.2) is 5.71 Å². The van der Waals surface area contributed by atoms with E-state index >= 15 is 0 Å². The molecule has 2 aliphatic heterocycles. The lowest BCUT2D eigenvalue weighted by molar-refractivity contribution is -0.401. The van der Waals surface area contributed by atoms with Crippen LogP contribution in [0.5, 0.6) is 0 Å². The van der Waals surface area contributed by atoms with Crippen molar-refractivity contribution < 1.29 is 4.58 Å². The second kappa shape index (κ2) is 10.3. The lowest BCUT2D eigenvalue weighted by Gasteiger charge is -2.32. The van der Waals surface area contributed by atoms with Gasteiger partial charge in [-0.25, -0.2) is 0 Å². The minimum absolute atomic E-state index is 0.0757. The number of nitrogens with zero attached hydrogens (tertiary/aromatic N) is 2. The fourth-order valence-electron chi connectivity index (χ4n) is 8.96. The van der Waals surface area contributed by atoms with Gasteiger partial charge in [-0.15, -0.1) is 0 Å². The van der Waals surface area contributed by atoms with Crippen molar-refractivity contribution in [1.82, 2.24) is 0 Å². The third-order valence-corrected chi connectivity index (χ3v) is 11.0. The van der Waals surface area contributed by atoms with Gasteiger partial charge in [-0.2, -0.15) is 4.58 Å². The number of rotatable bonds is 4. The predicted molar refractivity (Wildman–Crippen MR) is 187 cm³/mol. The van der Waals surface area contributed by atoms with Crippen LogP contribution in [0.4, 0.5) is 11.4 Å². The van der Waals surface area contributed by atoms with Crippen LogP contribution in [0.25, 0.3) is 21.5 Å². The summed E-state index contributed by atoms with van der Waals surface area (Å²) in [5.41, 5.74) is 9.79. The summed E-state index contributed by atoms with van der Waals surface area (Å²) in [5, 5.41) is 5.40. The number of likely N-dealkylation sites (N-methyl/N-ethyl adjacent to an activating group) is 1. The number of anilines is 1. The van der Waals surface area contributed by atoms with Crippen LogP contribution < -0.4 is 4.90 Å². The molecule has 1 saturated carbocycles. The maximum atomic E-state index is 2.49. The SMILES string of the molecule is CN1C(=CC=CC2=[N+](C)c3ccc4ccccc4c3C23CCCCC3)C(C)(Cc2ccccc2)c2ccc3ccccc3c21. The largest absolute Gasteiger partial charge is 0.347 e. The molecule has 44 heavy (non-hydrogen) atoms. The van der Waals surface area contributed by atoms with Gasteiger partial charge >= 0.3 is 0 Å². The summed E-state index contributed by atoms with van der Waals surface area (Å²) in [6.07, 6.45) is 14.5. The zero-order valence-corrected chi connectivity index (χ0v) is 26.2. The Kier molecular flexibility index (Phi) is 6.38. The quantitative estimate of drug-likeness (QED) is 0.194. The Balaban J connectivity index is 1.26. The first-order valence-electron chi connectivity index (χ1n) is 16.3. The molecule has 1 unspecified atom stereocenters. The van der Waals surface area contributed by atoms with Crippen LogP contribution in [0, 0.1) is 0 Å². The lowest BCUT2D eigenvalue weighted by atomic mass is 9.66. The van der Waals surface area contributed by atoms with Crippen molar-refractivity contribution in [3.05, 3.63) is 144 Å². The summed E-state index contributed by atoms with van der Waals surface area (Å²) in [6.45, 7) is 2.44. The molecular weight excluding hydrogens is 532 g/mol. The Morgan fingerprint density at radius 2 is 1.41 bits per heavy atom. The highest BCUT2D eigenvalue weighted by Crippen LogP contribution is 2.53. The van der Waals surface area contributed by atoms with E-state index < -0.39 is 0 Å². The van der Waals surface area contributed by atoms with Gasteiger partial charge in [0.05, 0.1) is 11.1 Å². The predicted octanol–water partition coefficient (Wildman–Crippen LogP) is 10.0. The Labute approximate surface area is 261 Å². The topological polar surface area (TPSA) is 6.25 Å². The molecule has 0 bridgehead atoms. The Morgan fingerprint density at radius 1 is 0.750 bits per heavy atom. The lowest BCUT2D eigenvalue weighted by Crippen LogP contribution is -2.36.